The molecule has 2 aromatic heterocycles. The first kappa shape index (κ1) is 18.5. The molecule has 0 radical (unpaired) electrons. The molecule has 6 nitrogen and oxygen atoms in total. The van der Waals surface area contributed by atoms with Gasteiger partial charge in [0, 0.05) is 23.1 Å². The van der Waals surface area contributed by atoms with Crippen molar-refractivity contribution in [2.24, 2.45) is 5.73 Å². The summed E-state index contributed by atoms with van der Waals surface area (Å²) in [4.78, 5) is 28.2. The van der Waals surface area contributed by atoms with Crippen molar-refractivity contribution in [3.05, 3.63) is 58.7 Å². The predicted octanol–water partition coefficient (Wildman–Crippen LogP) is 3.81. The second-order valence-electron chi connectivity index (χ2n) is 5.34. The highest BCUT2D eigenvalue weighted by molar-refractivity contribution is 8.00. The Labute approximate surface area is 163 Å². The molecule has 0 fully saturated rings. The number of hydrogen-bond acceptors (Lipinski definition) is 5. The van der Waals surface area contributed by atoms with Gasteiger partial charge in [0.25, 0.3) is 5.91 Å². The van der Waals surface area contributed by atoms with Crippen LogP contribution in [-0.4, -0.2) is 26.6 Å². The van der Waals surface area contributed by atoms with Crippen LogP contribution in [0.25, 0.3) is 5.69 Å². The van der Waals surface area contributed by atoms with Crippen LogP contribution in [0.1, 0.15) is 17.3 Å². The lowest BCUT2D eigenvalue weighted by molar-refractivity contribution is -0.115. The summed E-state index contributed by atoms with van der Waals surface area (Å²) in [6.07, 6.45) is 3.47. The molecule has 0 aliphatic carbocycles. The Bertz CT molecular complexity index is 954. The van der Waals surface area contributed by atoms with Gasteiger partial charge >= 0.3 is 0 Å². The fourth-order valence-corrected chi connectivity index (χ4v) is 4.09. The number of nitrogens with two attached hydrogens (primary N) is 1. The van der Waals surface area contributed by atoms with E-state index in [1.165, 1.54) is 23.1 Å². The fourth-order valence-electron chi connectivity index (χ4n) is 2.22. The summed E-state index contributed by atoms with van der Waals surface area (Å²) in [5.41, 5.74) is 6.47. The molecule has 3 rings (SSSR count). The number of carbonyl (C=O) groups excluding carboxylic acids is 2. The molecule has 3 aromatic rings. The van der Waals surface area contributed by atoms with Crippen molar-refractivity contribution < 1.29 is 9.59 Å². The minimum atomic E-state index is -0.571. The first-order valence-corrected chi connectivity index (χ1v) is 9.73. The first-order chi connectivity index (χ1) is 12.5. The Balaban J connectivity index is 1.73. The Morgan fingerprint density at radius 2 is 2.19 bits per heavy atom. The van der Waals surface area contributed by atoms with Gasteiger partial charge in [-0.3, -0.25) is 14.2 Å². The summed E-state index contributed by atoms with van der Waals surface area (Å²) in [6.45, 7) is 1.77. The maximum Gasteiger partial charge on any atom is 0.251 e. The Morgan fingerprint density at radius 3 is 2.92 bits per heavy atom. The van der Waals surface area contributed by atoms with Gasteiger partial charge in [-0.25, -0.2) is 4.98 Å². The Kier molecular flexibility index (Phi) is 5.65. The molecule has 2 heterocycles. The van der Waals surface area contributed by atoms with Crippen LogP contribution in [0.2, 0.25) is 5.02 Å². The summed E-state index contributed by atoms with van der Waals surface area (Å²) in [5, 5.41) is 5.76. The summed E-state index contributed by atoms with van der Waals surface area (Å²) in [7, 11) is 0. The number of rotatable bonds is 6. The van der Waals surface area contributed by atoms with Crippen LogP contribution in [0.15, 0.2) is 53.3 Å². The van der Waals surface area contributed by atoms with E-state index in [4.69, 9.17) is 17.3 Å². The second-order valence-corrected chi connectivity index (χ2v) is 8.00. The van der Waals surface area contributed by atoms with Crippen molar-refractivity contribution in [2.45, 2.75) is 17.3 Å². The van der Waals surface area contributed by atoms with Crippen molar-refractivity contribution in [3.8, 4) is 5.69 Å². The maximum absolute atomic E-state index is 12.5. The zero-order chi connectivity index (χ0) is 18.7. The zero-order valence-corrected chi connectivity index (χ0v) is 16.1. The quantitative estimate of drug-likeness (QED) is 0.609. The van der Waals surface area contributed by atoms with Crippen LogP contribution in [-0.2, 0) is 4.79 Å². The van der Waals surface area contributed by atoms with Gasteiger partial charge in [-0.2, -0.15) is 0 Å². The largest absolute Gasteiger partial charge is 0.366 e. The van der Waals surface area contributed by atoms with E-state index in [9.17, 15) is 9.59 Å². The maximum atomic E-state index is 12.5. The average molecular weight is 407 g/mol. The molecule has 0 saturated carbocycles. The third-order valence-electron chi connectivity index (χ3n) is 3.51. The lowest BCUT2D eigenvalue weighted by Crippen LogP contribution is -2.24. The van der Waals surface area contributed by atoms with Gasteiger partial charge in [0.15, 0.2) is 5.16 Å². The molecular weight excluding hydrogens is 392 g/mol. The number of thiophene rings is 1. The number of carbonyl (C=O) groups is 2. The number of hydrogen-bond donors (Lipinski definition) is 2. The number of anilines is 1. The topological polar surface area (TPSA) is 90.0 Å². The minimum Gasteiger partial charge on any atom is -0.366 e. The van der Waals surface area contributed by atoms with E-state index in [0.717, 1.165) is 5.69 Å². The molecule has 0 spiro atoms. The zero-order valence-electron chi connectivity index (χ0n) is 13.7. The van der Waals surface area contributed by atoms with E-state index in [1.807, 2.05) is 29.0 Å². The molecule has 0 aliphatic heterocycles. The van der Waals surface area contributed by atoms with E-state index in [2.05, 4.69) is 10.3 Å². The molecule has 0 aliphatic rings. The molecule has 1 aromatic carbocycles. The van der Waals surface area contributed by atoms with Gasteiger partial charge in [0.2, 0.25) is 5.91 Å². The third-order valence-corrected chi connectivity index (χ3v) is 5.66. The van der Waals surface area contributed by atoms with Crippen LogP contribution < -0.4 is 11.1 Å². The molecular formula is C17H15ClN4O2S2. The van der Waals surface area contributed by atoms with E-state index in [1.54, 1.807) is 30.6 Å². The summed E-state index contributed by atoms with van der Waals surface area (Å²) in [6, 6.07) is 8.97. The highest BCUT2D eigenvalue weighted by atomic mass is 35.5. The molecule has 0 bridgehead atoms. The molecule has 1 atom stereocenters. The van der Waals surface area contributed by atoms with Crippen LogP contribution in [0, 0.1) is 0 Å². The Hall–Kier alpha value is -2.29. The van der Waals surface area contributed by atoms with E-state index in [-0.39, 0.29) is 5.91 Å². The Morgan fingerprint density at radius 1 is 1.38 bits per heavy atom. The van der Waals surface area contributed by atoms with Crippen molar-refractivity contribution in [1.29, 1.82) is 0 Å². The van der Waals surface area contributed by atoms with Crippen molar-refractivity contribution in [1.82, 2.24) is 9.55 Å². The fraction of sp³-hybridized carbons (Fsp3) is 0.118. The lowest BCUT2D eigenvalue weighted by Gasteiger charge is -2.13. The highest BCUT2D eigenvalue weighted by Gasteiger charge is 2.20. The number of primary amides is 1. The minimum absolute atomic E-state index is 0.236. The summed E-state index contributed by atoms with van der Waals surface area (Å²) in [5.74, 6) is -0.807. The van der Waals surface area contributed by atoms with Gasteiger partial charge in [-0.1, -0.05) is 29.4 Å². The van der Waals surface area contributed by atoms with Gasteiger partial charge in [0.1, 0.15) is 5.00 Å². The normalized spacial score (nSPS) is 11.9. The van der Waals surface area contributed by atoms with E-state index < -0.39 is 11.2 Å². The molecule has 1 unspecified atom stereocenters. The molecule has 134 valence electrons. The van der Waals surface area contributed by atoms with E-state index >= 15 is 0 Å². The van der Waals surface area contributed by atoms with Crippen molar-refractivity contribution in [2.75, 3.05) is 5.32 Å². The number of imidazole rings is 1. The number of aromatic nitrogens is 2. The number of amides is 2. The van der Waals surface area contributed by atoms with Gasteiger partial charge in [0.05, 0.1) is 10.8 Å². The molecule has 9 heteroatoms. The third kappa shape index (κ3) is 4.09. The van der Waals surface area contributed by atoms with Crippen LogP contribution >= 0.6 is 34.7 Å². The summed E-state index contributed by atoms with van der Waals surface area (Å²) >= 11 is 8.61. The van der Waals surface area contributed by atoms with Crippen molar-refractivity contribution >= 4 is 51.5 Å². The highest BCUT2D eigenvalue weighted by Crippen LogP contribution is 2.28. The van der Waals surface area contributed by atoms with Gasteiger partial charge in [-0.05, 0) is 36.6 Å². The monoisotopic (exact) mass is 406 g/mol. The number of benzene rings is 1. The van der Waals surface area contributed by atoms with Crippen LogP contribution in [0.4, 0.5) is 5.00 Å². The van der Waals surface area contributed by atoms with Gasteiger partial charge < -0.3 is 11.1 Å². The molecule has 2 amide bonds. The lowest BCUT2D eigenvalue weighted by atomic mass is 10.3. The standard InChI is InChI=1S/C17H15ClN4O2S2/c1-10(15(24)21-16-13(14(19)23)5-8-25-16)26-17-20-6-7-22(17)12-4-2-3-11(18)9-12/h2-10H,1H3,(H2,19,23)(H,21,24). The van der Waals surface area contributed by atoms with Gasteiger partial charge in [-0.15, -0.1) is 11.3 Å². The SMILES string of the molecule is CC(Sc1nccn1-c1cccc(Cl)c1)C(=O)Nc1sccc1C(N)=O. The van der Waals surface area contributed by atoms with Crippen molar-refractivity contribution in [3.63, 3.8) is 0 Å². The molecule has 3 N–H and O–H groups in total. The number of nitrogens with zero attached hydrogens (tertiary/aromatic N) is 2. The first-order valence-electron chi connectivity index (χ1n) is 7.60. The average Bonchev–Trinajstić information content (AvgIpc) is 3.24. The predicted molar refractivity (Wildman–Crippen MR) is 105 cm³/mol. The second kappa shape index (κ2) is 7.94. The number of nitrogens with one attached hydrogen (secondary N) is 1. The smallest absolute Gasteiger partial charge is 0.251 e. The van der Waals surface area contributed by atoms with E-state index in [0.29, 0.717) is 20.7 Å². The number of halogens is 1. The summed E-state index contributed by atoms with van der Waals surface area (Å²) < 4.78 is 1.86. The molecule has 26 heavy (non-hydrogen) atoms. The van der Waals surface area contributed by atoms with Crippen LogP contribution in [0.3, 0.4) is 0 Å². The molecule has 0 saturated heterocycles. The van der Waals surface area contributed by atoms with Crippen LogP contribution in [0.5, 0.6) is 0 Å². The number of thioether (sulfide) groups is 1.